The molecule has 128 valence electrons. The molecule has 3 aromatic rings. The molecule has 1 aromatic carbocycles. The zero-order valence-corrected chi connectivity index (χ0v) is 15.1. The fraction of sp³-hybridized carbons (Fsp3) is 0.188. The first-order valence-electron chi connectivity index (χ1n) is 7.48. The molecule has 0 saturated heterocycles. The first kappa shape index (κ1) is 17.4. The van der Waals surface area contributed by atoms with Gasteiger partial charge in [-0.25, -0.2) is 4.98 Å². The highest BCUT2D eigenvalue weighted by molar-refractivity contribution is 8.00. The van der Waals surface area contributed by atoms with E-state index in [2.05, 4.69) is 25.8 Å². The third kappa shape index (κ3) is 4.15. The summed E-state index contributed by atoms with van der Waals surface area (Å²) in [5.74, 6) is 0.250. The van der Waals surface area contributed by atoms with Crippen LogP contribution >= 0.6 is 23.4 Å². The number of tetrazole rings is 1. The first-order chi connectivity index (χ1) is 12.0. The standard InChI is InChI=1S/C16H15ClN6OS/c1-10-5-3-4-6-13(10)23-16(20-21-22-23)25-11(2)15(24)19-14-8-7-12(17)9-18-14/h3-9,11H,1-2H3,(H,18,19,24)/t11-/m1/s1. The van der Waals surface area contributed by atoms with Crippen molar-refractivity contribution in [3.63, 3.8) is 0 Å². The molecule has 7 nitrogen and oxygen atoms in total. The number of aromatic nitrogens is 5. The Kier molecular flexibility index (Phi) is 5.30. The number of benzene rings is 1. The van der Waals surface area contributed by atoms with Gasteiger partial charge in [-0.3, -0.25) is 4.79 Å². The van der Waals surface area contributed by atoms with Crippen LogP contribution in [0.1, 0.15) is 12.5 Å². The number of carbonyl (C=O) groups is 1. The third-order valence-electron chi connectivity index (χ3n) is 3.41. The zero-order chi connectivity index (χ0) is 17.8. The Bertz CT molecular complexity index is 882. The van der Waals surface area contributed by atoms with Crippen LogP contribution in [-0.4, -0.2) is 36.3 Å². The molecule has 9 heteroatoms. The topological polar surface area (TPSA) is 85.6 Å². The SMILES string of the molecule is Cc1ccccc1-n1nnnc1S[C@H](C)C(=O)Nc1ccc(Cl)cn1. The van der Waals surface area contributed by atoms with E-state index in [1.165, 1.54) is 18.0 Å². The first-order valence-corrected chi connectivity index (χ1v) is 8.74. The molecule has 0 spiro atoms. The minimum atomic E-state index is -0.411. The molecular formula is C16H15ClN6OS. The number of pyridine rings is 1. The van der Waals surface area contributed by atoms with Crippen LogP contribution in [0, 0.1) is 6.92 Å². The number of thioether (sulfide) groups is 1. The van der Waals surface area contributed by atoms with Crippen LogP contribution < -0.4 is 5.32 Å². The van der Waals surface area contributed by atoms with Crippen LogP contribution in [0.4, 0.5) is 5.82 Å². The number of rotatable bonds is 5. The van der Waals surface area contributed by atoms with Gasteiger partial charge in [0.1, 0.15) is 5.82 Å². The molecule has 1 atom stereocenters. The molecular weight excluding hydrogens is 360 g/mol. The Morgan fingerprint density at radius 1 is 1.28 bits per heavy atom. The smallest absolute Gasteiger partial charge is 0.238 e. The quantitative estimate of drug-likeness (QED) is 0.690. The molecule has 2 aromatic heterocycles. The molecule has 1 N–H and O–H groups in total. The maximum atomic E-state index is 12.4. The van der Waals surface area contributed by atoms with E-state index in [1.807, 2.05) is 31.2 Å². The van der Waals surface area contributed by atoms with Crippen LogP contribution in [0.25, 0.3) is 5.69 Å². The second-order valence-electron chi connectivity index (χ2n) is 5.27. The van der Waals surface area contributed by atoms with E-state index in [0.29, 0.717) is 16.0 Å². The number of nitrogens with zero attached hydrogens (tertiary/aromatic N) is 5. The second-order valence-corrected chi connectivity index (χ2v) is 7.02. The Hall–Kier alpha value is -2.45. The largest absolute Gasteiger partial charge is 0.310 e. The van der Waals surface area contributed by atoms with Crippen molar-refractivity contribution in [2.75, 3.05) is 5.32 Å². The summed E-state index contributed by atoms with van der Waals surface area (Å²) in [5, 5.41) is 15.2. The van der Waals surface area contributed by atoms with Gasteiger partial charge >= 0.3 is 0 Å². The second kappa shape index (κ2) is 7.62. The fourth-order valence-electron chi connectivity index (χ4n) is 2.09. The van der Waals surface area contributed by atoms with E-state index < -0.39 is 5.25 Å². The van der Waals surface area contributed by atoms with Gasteiger partial charge in [-0.1, -0.05) is 41.6 Å². The molecule has 0 radical (unpaired) electrons. The molecule has 1 amide bonds. The molecule has 0 unspecified atom stereocenters. The van der Waals surface area contributed by atoms with E-state index in [0.717, 1.165) is 11.3 Å². The molecule has 2 heterocycles. The van der Waals surface area contributed by atoms with Crippen LogP contribution in [0.15, 0.2) is 47.8 Å². The third-order valence-corrected chi connectivity index (χ3v) is 4.67. The molecule has 0 aliphatic heterocycles. The Balaban J connectivity index is 1.72. The van der Waals surface area contributed by atoms with Gasteiger partial charge in [0, 0.05) is 6.20 Å². The van der Waals surface area contributed by atoms with Crippen molar-refractivity contribution in [2.45, 2.75) is 24.3 Å². The van der Waals surface area contributed by atoms with Gasteiger partial charge in [0.15, 0.2) is 0 Å². The number of hydrogen-bond acceptors (Lipinski definition) is 6. The van der Waals surface area contributed by atoms with Crippen molar-refractivity contribution in [1.82, 2.24) is 25.2 Å². The Morgan fingerprint density at radius 3 is 2.80 bits per heavy atom. The minimum absolute atomic E-state index is 0.195. The zero-order valence-electron chi connectivity index (χ0n) is 13.5. The van der Waals surface area contributed by atoms with Gasteiger partial charge in [-0.15, -0.1) is 5.10 Å². The number of carbonyl (C=O) groups excluding carboxylic acids is 1. The number of anilines is 1. The summed E-state index contributed by atoms with van der Waals surface area (Å²) in [6.07, 6.45) is 1.48. The van der Waals surface area contributed by atoms with Gasteiger partial charge in [-0.2, -0.15) is 4.68 Å². The van der Waals surface area contributed by atoms with Crippen molar-refractivity contribution < 1.29 is 4.79 Å². The van der Waals surface area contributed by atoms with Crippen LogP contribution in [0.2, 0.25) is 5.02 Å². The van der Waals surface area contributed by atoms with E-state index in [-0.39, 0.29) is 5.91 Å². The summed E-state index contributed by atoms with van der Waals surface area (Å²) >= 11 is 7.06. The van der Waals surface area contributed by atoms with Gasteiger partial charge in [-0.05, 0) is 48.0 Å². The van der Waals surface area contributed by atoms with Gasteiger partial charge in [0.25, 0.3) is 0 Å². The summed E-state index contributed by atoms with van der Waals surface area (Å²) in [6, 6.07) is 11.1. The summed E-state index contributed by atoms with van der Waals surface area (Å²) in [5.41, 5.74) is 1.92. The number of nitrogens with one attached hydrogen (secondary N) is 1. The lowest BCUT2D eigenvalue weighted by Crippen LogP contribution is -2.23. The highest BCUT2D eigenvalue weighted by Crippen LogP contribution is 2.25. The van der Waals surface area contributed by atoms with Gasteiger partial charge in [0.05, 0.1) is 16.0 Å². The molecule has 0 bridgehead atoms. The minimum Gasteiger partial charge on any atom is -0.310 e. The number of hydrogen-bond donors (Lipinski definition) is 1. The van der Waals surface area contributed by atoms with Crippen molar-refractivity contribution in [3.8, 4) is 5.69 Å². The highest BCUT2D eigenvalue weighted by Gasteiger charge is 2.20. The molecule has 0 saturated carbocycles. The monoisotopic (exact) mass is 374 g/mol. The summed E-state index contributed by atoms with van der Waals surface area (Å²) < 4.78 is 1.63. The Labute approximate surface area is 153 Å². The van der Waals surface area contributed by atoms with Crippen molar-refractivity contribution in [2.24, 2.45) is 0 Å². The lowest BCUT2D eigenvalue weighted by atomic mass is 10.2. The lowest BCUT2D eigenvalue weighted by molar-refractivity contribution is -0.115. The molecule has 0 fully saturated rings. The molecule has 0 aliphatic carbocycles. The van der Waals surface area contributed by atoms with Crippen LogP contribution in [0.5, 0.6) is 0 Å². The normalized spacial score (nSPS) is 12.0. The molecule has 3 rings (SSSR count). The lowest BCUT2D eigenvalue weighted by Gasteiger charge is -2.12. The van der Waals surface area contributed by atoms with E-state index in [1.54, 1.807) is 23.7 Å². The van der Waals surface area contributed by atoms with Crippen molar-refractivity contribution in [1.29, 1.82) is 0 Å². The van der Waals surface area contributed by atoms with Crippen LogP contribution in [0.3, 0.4) is 0 Å². The summed E-state index contributed by atoms with van der Waals surface area (Å²) in [7, 11) is 0. The number of aryl methyl sites for hydroxylation is 1. The predicted molar refractivity (Wildman–Crippen MR) is 97.1 cm³/mol. The predicted octanol–water partition coefficient (Wildman–Crippen LogP) is 3.14. The maximum absolute atomic E-state index is 12.4. The highest BCUT2D eigenvalue weighted by atomic mass is 35.5. The van der Waals surface area contributed by atoms with Crippen LogP contribution in [-0.2, 0) is 4.79 Å². The molecule has 25 heavy (non-hydrogen) atoms. The average molecular weight is 375 g/mol. The number of amides is 1. The van der Waals surface area contributed by atoms with E-state index >= 15 is 0 Å². The maximum Gasteiger partial charge on any atom is 0.238 e. The molecule has 0 aliphatic rings. The van der Waals surface area contributed by atoms with Crippen molar-refractivity contribution >= 4 is 35.1 Å². The average Bonchev–Trinajstić information content (AvgIpc) is 3.05. The van der Waals surface area contributed by atoms with Gasteiger partial charge in [0.2, 0.25) is 11.1 Å². The summed E-state index contributed by atoms with van der Waals surface area (Å²) in [6.45, 7) is 3.76. The van der Waals surface area contributed by atoms with E-state index in [9.17, 15) is 4.79 Å². The number of halogens is 1. The number of para-hydroxylation sites is 1. The Morgan fingerprint density at radius 2 is 2.08 bits per heavy atom. The fourth-order valence-corrected chi connectivity index (χ4v) is 3.01. The van der Waals surface area contributed by atoms with Crippen molar-refractivity contribution in [3.05, 3.63) is 53.2 Å². The summed E-state index contributed by atoms with van der Waals surface area (Å²) in [4.78, 5) is 16.4. The van der Waals surface area contributed by atoms with E-state index in [4.69, 9.17) is 11.6 Å². The van der Waals surface area contributed by atoms with Gasteiger partial charge < -0.3 is 5.32 Å².